The van der Waals surface area contributed by atoms with Crippen molar-refractivity contribution in [3.63, 3.8) is 0 Å². The Kier molecular flexibility index (Phi) is 10.8. The van der Waals surface area contributed by atoms with Gasteiger partial charge in [-0.15, -0.1) is 0 Å². The van der Waals surface area contributed by atoms with E-state index in [1.54, 1.807) is 0 Å². The van der Waals surface area contributed by atoms with Gasteiger partial charge in [0, 0.05) is 0 Å². The van der Waals surface area contributed by atoms with Gasteiger partial charge < -0.3 is 0 Å². The molecule has 11 heteroatoms. The molecule has 2 aliphatic rings. The molecule has 5 atom stereocenters. The average Bonchev–Trinajstić information content (AvgIpc) is 2.93. The van der Waals surface area contributed by atoms with Crippen molar-refractivity contribution in [3.05, 3.63) is 77.1 Å². The molecule has 1 fully saturated rings. The summed E-state index contributed by atoms with van der Waals surface area (Å²) in [6.45, 7) is 1.91. The number of dihydropyridines is 1. The molecule has 0 bridgehead atoms. The first-order chi connectivity index (χ1) is 20.2. The van der Waals surface area contributed by atoms with Crippen LogP contribution in [0.15, 0.2) is 70.1 Å². The summed E-state index contributed by atoms with van der Waals surface area (Å²) in [5.74, 6) is -0.232. The number of sulfone groups is 1. The minimum atomic E-state index is -4.39. The van der Waals surface area contributed by atoms with Gasteiger partial charge >= 0.3 is 229 Å². The van der Waals surface area contributed by atoms with Crippen LogP contribution in [0.25, 0.3) is 0 Å². The summed E-state index contributed by atoms with van der Waals surface area (Å²) in [5, 5.41) is -0.505. The van der Waals surface area contributed by atoms with Crippen LogP contribution in [0.3, 0.4) is 0 Å². The zero-order valence-corrected chi connectivity index (χ0v) is 27.7. The predicted molar refractivity (Wildman–Crippen MR) is 169 cm³/mol. The average molecular weight is 736 g/mol. The van der Waals surface area contributed by atoms with E-state index < -0.39 is 52.5 Å². The van der Waals surface area contributed by atoms with Gasteiger partial charge in [-0.25, -0.2) is 0 Å². The number of alkyl halides is 6. The Hall–Kier alpha value is -2.28. The van der Waals surface area contributed by atoms with E-state index in [4.69, 9.17) is 9.73 Å². The molecule has 5 nitrogen and oxygen atoms in total. The first-order valence-electron chi connectivity index (χ1n) is 14.2. The Morgan fingerprint density at radius 1 is 1.07 bits per heavy atom. The summed E-state index contributed by atoms with van der Waals surface area (Å²) in [7, 11) is -2.09. The summed E-state index contributed by atoms with van der Waals surface area (Å²) in [6.07, 6.45) is 0.584. The fourth-order valence-electron chi connectivity index (χ4n) is 5.93. The number of methoxy groups -OCH3 is 1. The second-order valence-electron chi connectivity index (χ2n) is 11.4. The number of carbonyl (C=O) groups excluding carboxylic acids is 1. The number of halogens is 5. The normalized spacial score (nSPS) is 22.5. The number of carbonyl (C=O) groups is 1. The number of ether oxygens (including phenoxy) is 1. The van der Waals surface area contributed by atoms with Gasteiger partial charge in [0.25, 0.3) is 0 Å². The SMILES string of the molecule is COC1=NC(C(C)c2ccc(C(F)(F)F)cc2)CC=C1CC(=O)CCC([C@@H]1CC[C@@H]1S(=O)(=O)c1ccc(F)cc1)I(C)C. The van der Waals surface area contributed by atoms with Gasteiger partial charge in [-0.05, 0) is 12.1 Å². The molecule has 0 aromatic heterocycles. The third-order valence-corrected chi connectivity index (χ3v) is 15.7. The number of benzene rings is 2. The third kappa shape index (κ3) is 7.87. The fourth-order valence-corrected chi connectivity index (χ4v) is 12.6. The Morgan fingerprint density at radius 2 is 1.72 bits per heavy atom. The molecule has 0 N–H and O–H groups in total. The van der Waals surface area contributed by atoms with E-state index in [1.807, 2.05) is 13.0 Å². The van der Waals surface area contributed by atoms with Crippen molar-refractivity contribution in [1.82, 2.24) is 0 Å². The number of nitrogens with zero attached hydrogens (tertiary/aromatic N) is 1. The second-order valence-corrected chi connectivity index (χ2v) is 19.9. The molecule has 2 aromatic rings. The topological polar surface area (TPSA) is 72.8 Å². The van der Waals surface area contributed by atoms with E-state index in [0.29, 0.717) is 37.2 Å². The predicted octanol–water partition coefficient (Wildman–Crippen LogP) is 7.82. The molecule has 236 valence electrons. The summed E-state index contributed by atoms with van der Waals surface area (Å²) in [5.41, 5.74) is 0.743. The molecule has 2 aromatic carbocycles. The first kappa shape index (κ1) is 33.6. The second kappa shape index (κ2) is 13.8. The molecular weight excluding hydrogens is 697 g/mol. The molecule has 4 rings (SSSR count). The maximum atomic E-state index is 13.4. The standard InChI is InChI=1S/C32H38F4INO4S/c1-20(21-5-8-23(9-6-21)32(34,35)36)29-17-7-22(31(38-29)42-4)19-25(39)12-16-28(37(2)3)27-15-18-30(27)43(40,41)26-13-10-24(33)11-14-26/h5-11,13-14,20,27-30H,12,15-19H2,1-4H3/t20?,27-,28?,29?,30-/m0/s1. The molecule has 0 radical (unpaired) electrons. The molecule has 0 spiro atoms. The maximum absolute atomic E-state index is 13.4. The quantitative estimate of drug-likeness (QED) is 0.102. The van der Waals surface area contributed by atoms with Crippen LogP contribution in [0.5, 0.6) is 0 Å². The summed E-state index contributed by atoms with van der Waals surface area (Å²) < 4.78 is 84.5. The van der Waals surface area contributed by atoms with Crippen molar-refractivity contribution in [3.8, 4) is 0 Å². The molecule has 1 aliphatic heterocycles. The molecule has 3 unspecified atom stereocenters. The number of Topliss-reactive ketones (excluding diaryl/α,β-unsaturated/α-hetero) is 1. The zero-order chi connectivity index (χ0) is 31.5. The van der Waals surface area contributed by atoms with Crippen LogP contribution in [-0.2, 0) is 25.5 Å². The fraction of sp³-hybridized carbons (Fsp3) is 0.500. The van der Waals surface area contributed by atoms with E-state index >= 15 is 0 Å². The molecule has 0 amide bonds. The van der Waals surface area contributed by atoms with Crippen molar-refractivity contribution in [1.29, 1.82) is 0 Å². The molecule has 43 heavy (non-hydrogen) atoms. The number of rotatable bonds is 11. The Morgan fingerprint density at radius 3 is 2.26 bits per heavy atom. The Labute approximate surface area is 258 Å². The van der Waals surface area contributed by atoms with Crippen LogP contribution in [0.4, 0.5) is 17.6 Å². The van der Waals surface area contributed by atoms with Gasteiger partial charge in [0.15, 0.2) is 0 Å². The van der Waals surface area contributed by atoms with E-state index in [1.165, 1.54) is 43.5 Å². The zero-order valence-electron chi connectivity index (χ0n) is 24.7. The number of aliphatic imine (C=N–C) groups is 1. The van der Waals surface area contributed by atoms with Crippen molar-refractivity contribution >= 4 is 41.3 Å². The summed E-state index contributed by atoms with van der Waals surface area (Å²) in [6, 6.07) is 9.87. The van der Waals surface area contributed by atoms with E-state index in [2.05, 4.69) is 9.86 Å². The van der Waals surface area contributed by atoms with Crippen LogP contribution in [0.1, 0.15) is 62.5 Å². The summed E-state index contributed by atoms with van der Waals surface area (Å²) >= 11 is -1.50. The van der Waals surface area contributed by atoms with Crippen molar-refractivity contribution in [2.75, 3.05) is 17.0 Å². The monoisotopic (exact) mass is 735 g/mol. The summed E-state index contributed by atoms with van der Waals surface area (Å²) in [4.78, 5) is 22.4. The van der Waals surface area contributed by atoms with Crippen LogP contribution in [0.2, 0.25) is 0 Å². The van der Waals surface area contributed by atoms with Crippen LogP contribution >= 0.6 is 19.8 Å². The molecule has 0 saturated heterocycles. The molecule has 1 heterocycles. The van der Waals surface area contributed by atoms with Gasteiger partial charge in [0.2, 0.25) is 0 Å². The van der Waals surface area contributed by atoms with Gasteiger partial charge in [-0.2, -0.15) is 13.2 Å². The number of hydrogen-bond donors (Lipinski definition) is 0. The van der Waals surface area contributed by atoms with Gasteiger partial charge in [-0.1, -0.05) is 0 Å². The number of ketones is 1. The van der Waals surface area contributed by atoms with E-state index in [0.717, 1.165) is 24.1 Å². The van der Waals surface area contributed by atoms with E-state index in [9.17, 15) is 30.8 Å². The van der Waals surface area contributed by atoms with Crippen molar-refractivity contribution in [2.45, 2.75) is 77.7 Å². The van der Waals surface area contributed by atoms with Gasteiger partial charge in [-0.3, -0.25) is 0 Å². The number of hydrogen-bond acceptors (Lipinski definition) is 5. The first-order valence-corrected chi connectivity index (χ1v) is 21.3. The Bertz CT molecular complexity index is 1450. The van der Waals surface area contributed by atoms with Crippen LogP contribution < -0.4 is 0 Å². The third-order valence-electron chi connectivity index (χ3n) is 8.61. The van der Waals surface area contributed by atoms with Gasteiger partial charge in [0.05, 0.1) is 5.56 Å². The Balaban J connectivity index is 1.36. The van der Waals surface area contributed by atoms with E-state index in [-0.39, 0.29) is 38.9 Å². The van der Waals surface area contributed by atoms with Crippen LogP contribution in [-0.4, -0.2) is 52.3 Å². The molecular formula is C32H38F4INO4S. The van der Waals surface area contributed by atoms with Crippen molar-refractivity contribution in [2.24, 2.45) is 10.9 Å². The molecule has 1 saturated carbocycles. The van der Waals surface area contributed by atoms with Crippen LogP contribution in [0, 0.1) is 11.7 Å². The molecule has 1 aliphatic carbocycles. The van der Waals surface area contributed by atoms with Crippen molar-refractivity contribution < 1.29 is 35.5 Å². The minimum absolute atomic E-state index is 0.000455. The van der Waals surface area contributed by atoms with Gasteiger partial charge in [0.1, 0.15) is 0 Å².